The molecule has 0 radical (unpaired) electrons. The molecule has 0 bridgehead atoms. The van der Waals surface area contributed by atoms with E-state index in [4.69, 9.17) is 9.47 Å². The molecule has 7 nitrogen and oxygen atoms in total. The number of rotatable bonds is 4. The highest BCUT2D eigenvalue weighted by Crippen LogP contribution is 2.35. The summed E-state index contributed by atoms with van der Waals surface area (Å²) in [5.74, 6) is 1.52. The SMILES string of the molecule is O=C(C1CN(c2nc3c(F)cccc3s2)C1)N1CCN(Cc2ccc3c(c2)OCO3)CC1. The van der Waals surface area contributed by atoms with Gasteiger partial charge in [-0.1, -0.05) is 23.5 Å². The van der Waals surface area contributed by atoms with E-state index in [1.807, 2.05) is 23.1 Å². The third kappa shape index (κ3) is 3.55. The lowest BCUT2D eigenvalue weighted by Gasteiger charge is -2.42. The largest absolute Gasteiger partial charge is 0.454 e. The van der Waals surface area contributed by atoms with Gasteiger partial charge in [-0.3, -0.25) is 9.69 Å². The van der Waals surface area contributed by atoms with Crippen molar-refractivity contribution >= 4 is 32.6 Å². The fourth-order valence-electron chi connectivity index (χ4n) is 4.51. The molecule has 0 unspecified atom stereocenters. The van der Waals surface area contributed by atoms with E-state index in [0.717, 1.165) is 54.1 Å². The highest BCUT2D eigenvalue weighted by atomic mass is 32.1. The summed E-state index contributed by atoms with van der Waals surface area (Å²) in [6, 6.07) is 11.1. The average molecular weight is 455 g/mol. The molecule has 0 atom stereocenters. The van der Waals surface area contributed by atoms with Crippen LogP contribution >= 0.6 is 11.3 Å². The predicted octanol–water partition coefficient (Wildman–Crippen LogP) is 2.94. The van der Waals surface area contributed by atoms with Gasteiger partial charge in [-0.25, -0.2) is 9.37 Å². The third-order valence-electron chi connectivity index (χ3n) is 6.39. The van der Waals surface area contributed by atoms with E-state index in [-0.39, 0.29) is 24.4 Å². The number of halogens is 1. The van der Waals surface area contributed by atoms with Crippen LogP contribution in [0, 0.1) is 11.7 Å². The van der Waals surface area contributed by atoms with Gasteiger partial charge in [0.05, 0.1) is 10.6 Å². The van der Waals surface area contributed by atoms with Crippen molar-refractivity contribution in [3.8, 4) is 11.5 Å². The molecule has 0 aliphatic carbocycles. The van der Waals surface area contributed by atoms with Crippen molar-refractivity contribution in [3.63, 3.8) is 0 Å². The van der Waals surface area contributed by atoms with Crippen molar-refractivity contribution < 1.29 is 18.7 Å². The number of aromatic nitrogens is 1. The monoisotopic (exact) mass is 454 g/mol. The Kier molecular flexibility index (Phi) is 4.87. The number of amides is 1. The molecule has 1 amide bonds. The molecule has 2 aromatic carbocycles. The highest BCUT2D eigenvalue weighted by molar-refractivity contribution is 7.22. The predicted molar refractivity (Wildman–Crippen MR) is 120 cm³/mol. The van der Waals surface area contributed by atoms with Crippen LogP contribution in [-0.4, -0.2) is 66.8 Å². The number of hydrogen-bond acceptors (Lipinski definition) is 7. The van der Waals surface area contributed by atoms with Gasteiger partial charge < -0.3 is 19.3 Å². The summed E-state index contributed by atoms with van der Waals surface area (Å²) < 4.78 is 25.6. The minimum atomic E-state index is -0.295. The van der Waals surface area contributed by atoms with Gasteiger partial charge >= 0.3 is 0 Å². The second-order valence-corrected chi connectivity index (χ2v) is 9.48. The first-order chi connectivity index (χ1) is 15.6. The Balaban J connectivity index is 1.01. The Labute approximate surface area is 188 Å². The summed E-state index contributed by atoms with van der Waals surface area (Å²) in [6.45, 7) is 5.62. The number of hydrogen-bond donors (Lipinski definition) is 0. The minimum absolute atomic E-state index is 0.00716. The molecular weight excluding hydrogens is 431 g/mol. The fraction of sp³-hybridized carbons (Fsp3) is 0.391. The second kappa shape index (κ2) is 7.90. The average Bonchev–Trinajstić information content (AvgIpc) is 3.40. The van der Waals surface area contributed by atoms with Crippen LogP contribution in [0.3, 0.4) is 0 Å². The fourth-order valence-corrected chi connectivity index (χ4v) is 5.51. The van der Waals surface area contributed by atoms with E-state index < -0.39 is 0 Å². The van der Waals surface area contributed by atoms with Crippen LogP contribution < -0.4 is 14.4 Å². The maximum Gasteiger partial charge on any atom is 0.231 e. The summed E-state index contributed by atoms with van der Waals surface area (Å²) in [5, 5.41) is 0.794. The molecule has 0 spiro atoms. The molecule has 3 aliphatic heterocycles. The number of nitrogens with zero attached hydrogens (tertiary/aromatic N) is 4. The summed E-state index contributed by atoms with van der Waals surface area (Å²) in [4.78, 5) is 23.8. The maximum atomic E-state index is 13.9. The Hall–Kier alpha value is -2.91. The van der Waals surface area contributed by atoms with Gasteiger partial charge in [-0.2, -0.15) is 0 Å². The lowest BCUT2D eigenvalue weighted by molar-refractivity contribution is -0.138. The molecule has 1 aromatic heterocycles. The summed E-state index contributed by atoms with van der Waals surface area (Å²) >= 11 is 1.48. The number of anilines is 1. The zero-order valence-electron chi connectivity index (χ0n) is 17.5. The molecule has 4 heterocycles. The Morgan fingerprint density at radius 2 is 1.91 bits per heavy atom. The minimum Gasteiger partial charge on any atom is -0.454 e. The van der Waals surface area contributed by atoms with Gasteiger partial charge in [-0.05, 0) is 29.8 Å². The molecule has 0 saturated carbocycles. The van der Waals surface area contributed by atoms with Crippen LogP contribution in [0.25, 0.3) is 10.2 Å². The van der Waals surface area contributed by atoms with Crippen molar-refractivity contribution in [2.24, 2.45) is 5.92 Å². The van der Waals surface area contributed by atoms with Crippen LogP contribution in [0.4, 0.5) is 9.52 Å². The topological polar surface area (TPSA) is 58.1 Å². The molecule has 2 fully saturated rings. The smallest absolute Gasteiger partial charge is 0.231 e. The number of ether oxygens (including phenoxy) is 2. The Morgan fingerprint density at radius 3 is 2.72 bits per heavy atom. The van der Waals surface area contributed by atoms with Crippen LogP contribution in [0.5, 0.6) is 11.5 Å². The lowest BCUT2D eigenvalue weighted by Crippen LogP contribution is -2.57. The van der Waals surface area contributed by atoms with Crippen LogP contribution in [0.2, 0.25) is 0 Å². The molecular formula is C23H23FN4O3S. The number of fused-ring (bicyclic) bond motifs is 2. The zero-order valence-corrected chi connectivity index (χ0v) is 18.3. The Morgan fingerprint density at radius 1 is 1.09 bits per heavy atom. The molecule has 3 aromatic rings. The van der Waals surface area contributed by atoms with E-state index >= 15 is 0 Å². The maximum absolute atomic E-state index is 13.9. The van der Waals surface area contributed by atoms with Crippen LogP contribution in [0.1, 0.15) is 5.56 Å². The first kappa shape index (κ1) is 19.8. The molecule has 32 heavy (non-hydrogen) atoms. The molecule has 6 rings (SSSR count). The van der Waals surface area contributed by atoms with Gasteiger partial charge in [0.25, 0.3) is 0 Å². The van der Waals surface area contributed by atoms with Crippen molar-refractivity contribution in [2.75, 3.05) is 51.0 Å². The molecule has 166 valence electrons. The van der Waals surface area contributed by atoms with E-state index in [1.54, 1.807) is 6.07 Å². The normalized spacial score (nSPS) is 18.9. The first-order valence-corrected chi connectivity index (χ1v) is 11.7. The van der Waals surface area contributed by atoms with Crippen molar-refractivity contribution in [1.82, 2.24) is 14.8 Å². The summed E-state index contributed by atoms with van der Waals surface area (Å²) in [5.41, 5.74) is 1.61. The van der Waals surface area contributed by atoms with Gasteiger partial charge in [-0.15, -0.1) is 0 Å². The number of piperazine rings is 1. The van der Waals surface area contributed by atoms with E-state index in [1.165, 1.54) is 23.0 Å². The van der Waals surface area contributed by atoms with Crippen molar-refractivity contribution in [2.45, 2.75) is 6.54 Å². The van der Waals surface area contributed by atoms with Crippen molar-refractivity contribution in [3.05, 3.63) is 47.8 Å². The third-order valence-corrected chi connectivity index (χ3v) is 7.47. The van der Waals surface area contributed by atoms with E-state index in [2.05, 4.69) is 20.9 Å². The van der Waals surface area contributed by atoms with Crippen LogP contribution in [0.15, 0.2) is 36.4 Å². The van der Waals surface area contributed by atoms with Crippen molar-refractivity contribution in [1.29, 1.82) is 0 Å². The zero-order chi connectivity index (χ0) is 21.7. The van der Waals surface area contributed by atoms with E-state index in [0.29, 0.717) is 18.6 Å². The number of benzene rings is 2. The standard InChI is InChI=1S/C23H23FN4O3S/c24-17-2-1-3-20-21(17)25-23(32-20)28-12-16(13-28)22(29)27-8-6-26(7-9-27)11-15-4-5-18-19(10-15)31-14-30-18/h1-5,10,16H,6-9,11-14H2. The van der Waals surface area contributed by atoms with Gasteiger partial charge in [0, 0.05) is 45.8 Å². The highest BCUT2D eigenvalue weighted by Gasteiger charge is 2.37. The molecule has 9 heteroatoms. The number of carbonyl (C=O) groups is 1. The second-order valence-electron chi connectivity index (χ2n) is 8.47. The number of para-hydroxylation sites is 1. The summed E-state index contributed by atoms with van der Waals surface area (Å²) in [7, 11) is 0. The molecule has 2 saturated heterocycles. The lowest BCUT2D eigenvalue weighted by atomic mass is 9.99. The Bertz CT molecular complexity index is 1170. The van der Waals surface area contributed by atoms with Gasteiger partial charge in [0.2, 0.25) is 12.7 Å². The summed E-state index contributed by atoms with van der Waals surface area (Å²) in [6.07, 6.45) is 0. The molecule has 3 aliphatic rings. The number of thiazole rings is 1. The van der Waals surface area contributed by atoms with Gasteiger partial charge in [0.15, 0.2) is 16.6 Å². The number of carbonyl (C=O) groups excluding carboxylic acids is 1. The van der Waals surface area contributed by atoms with Crippen LogP contribution in [-0.2, 0) is 11.3 Å². The quantitative estimate of drug-likeness (QED) is 0.604. The van der Waals surface area contributed by atoms with Gasteiger partial charge in [0.1, 0.15) is 11.3 Å². The molecule has 0 N–H and O–H groups in total. The first-order valence-electron chi connectivity index (χ1n) is 10.8. The van der Waals surface area contributed by atoms with E-state index in [9.17, 15) is 9.18 Å².